The Balaban J connectivity index is 2.29. The van der Waals surface area contributed by atoms with E-state index in [2.05, 4.69) is 14.7 Å². The predicted octanol–water partition coefficient (Wildman–Crippen LogP) is 3.06. The van der Waals surface area contributed by atoms with Gasteiger partial charge in [0.15, 0.2) is 11.5 Å². The fourth-order valence-electron chi connectivity index (χ4n) is 1.47. The van der Waals surface area contributed by atoms with Gasteiger partial charge < -0.3 is 15.2 Å². The number of aryl methyl sites for hydroxylation is 1. The van der Waals surface area contributed by atoms with Gasteiger partial charge in [-0.1, -0.05) is 12.1 Å². The lowest BCUT2D eigenvalue weighted by molar-refractivity contribution is -0.275. The van der Waals surface area contributed by atoms with Crippen LogP contribution in [0.4, 0.5) is 19.1 Å². The number of ether oxygens (including phenoxy) is 2. The topological polar surface area (TPSA) is 70.3 Å². The molecule has 5 nitrogen and oxygen atoms in total. The van der Waals surface area contributed by atoms with Crippen LogP contribution >= 0.6 is 0 Å². The van der Waals surface area contributed by atoms with Crippen LogP contribution in [0.15, 0.2) is 30.3 Å². The zero-order chi connectivity index (χ0) is 14.8. The molecule has 0 aliphatic carbocycles. The van der Waals surface area contributed by atoms with Crippen molar-refractivity contribution in [2.75, 3.05) is 5.73 Å². The monoisotopic (exact) mass is 285 g/mol. The molecule has 0 radical (unpaired) electrons. The van der Waals surface area contributed by atoms with Crippen LogP contribution in [0.5, 0.6) is 17.4 Å². The number of benzene rings is 1. The maximum atomic E-state index is 12.3. The smallest absolute Gasteiger partial charge is 0.435 e. The van der Waals surface area contributed by atoms with Crippen molar-refractivity contribution in [3.8, 4) is 17.4 Å². The Morgan fingerprint density at radius 1 is 1.10 bits per heavy atom. The van der Waals surface area contributed by atoms with Crippen LogP contribution in [0, 0.1) is 6.92 Å². The van der Waals surface area contributed by atoms with E-state index in [0.29, 0.717) is 5.69 Å². The van der Waals surface area contributed by atoms with E-state index in [-0.39, 0.29) is 17.6 Å². The summed E-state index contributed by atoms with van der Waals surface area (Å²) in [6.07, 6.45) is -4.81. The first kappa shape index (κ1) is 13.9. The fraction of sp³-hybridized carbons (Fsp3) is 0.167. The van der Waals surface area contributed by atoms with Crippen LogP contribution < -0.4 is 15.2 Å². The first-order valence-corrected chi connectivity index (χ1v) is 5.47. The molecule has 0 unspecified atom stereocenters. The van der Waals surface area contributed by atoms with Crippen molar-refractivity contribution in [2.24, 2.45) is 0 Å². The van der Waals surface area contributed by atoms with Crippen LogP contribution in [0.1, 0.15) is 5.69 Å². The number of alkyl halides is 3. The summed E-state index contributed by atoms with van der Waals surface area (Å²) in [5.74, 6) is -0.584. The molecule has 0 fully saturated rings. The Kier molecular flexibility index (Phi) is 3.64. The van der Waals surface area contributed by atoms with E-state index in [4.69, 9.17) is 10.5 Å². The average Bonchev–Trinajstić information content (AvgIpc) is 2.28. The summed E-state index contributed by atoms with van der Waals surface area (Å²) in [4.78, 5) is 7.61. The Hall–Kier alpha value is -2.51. The van der Waals surface area contributed by atoms with Gasteiger partial charge in [0.2, 0.25) is 11.8 Å². The van der Waals surface area contributed by atoms with Gasteiger partial charge in [-0.25, -0.2) is 4.98 Å². The summed E-state index contributed by atoms with van der Waals surface area (Å²) >= 11 is 0. The van der Waals surface area contributed by atoms with E-state index in [1.807, 2.05) is 0 Å². The largest absolute Gasteiger partial charge is 0.573 e. The summed E-state index contributed by atoms with van der Waals surface area (Å²) in [7, 11) is 0. The molecule has 0 aliphatic heterocycles. The highest BCUT2D eigenvalue weighted by atomic mass is 19.4. The van der Waals surface area contributed by atoms with Crippen molar-refractivity contribution < 1.29 is 22.6 Å². The molecule has 2 aromatic rings. The molecular weight excluding hydrogens is 275 g/mol. The Labute approximate surface area is 112 Å². The third-order valence-corrected chi connectivity index (χ3v) is 2.14. The number of nitrogen functional groups attached to an aromatic ring is 1. The van der Waals surface area contributed by atoms with Gasteiger partial charge in [-0.2, -0.15) is 4.98 Å². The highest BCUT2D eigenvalue weighted by Crippen LogP contribution is 2.34. The SMILES string of the molecule is Cc1cc(Oc2ccccc2OC(F)(F)F)nc(N)n1. The molecule has 0 bridgehead atoms. The number of aromatic nitrogens is 2. The third-order valence-electron chi connectivity index (χ3n) is 2.14. The van der Waals surface area contributed by atoms with E-state index < -0.39 is 12.1 Å². The number of halogens is 3. The van der Waals surface area contributed by atoms with E-state index in [1.165, 1.54) is 24.3 Å². The second kappa shape index (κ2) is 5.24. The average molecular weight is 285 g/mol. The number of para-hydroxylation sites is 2. The van der Waals surface area contributed by atoms with E-state index in [0.717, 1.165) is 6.07 Å². The van der Waals surface area contributed by atoms with Gasteiger partial charge in [0.1, 0.15) is 0 Å². The summed E-state index contributed by atoms with van der Waals surface area (Å²) in [5.41, 5.74) is 5.97. The van der Waals surface area contributed by atoms with Crippen molar-refractivity contribution in [2.45, 2.75) is 13.3 Å². The minimum absolute atomic E-state index is 0.0331. The Bertz CT molecular complexity index is 597. The number of nitrogens with zero attached hydrogens (tertiary/aromatic N) is 2. The minimum atomic E-state index is -4.81. The first-order chi connectivity index (χ1) is 9.33. The highest BCUT2D eigenvalue weighted by molar-refractivity contribution is 5.42. The van der Waals surface area contributed by atoms with Gasteiger partial charge in [-0.15, -0.1) is 13.2 Å². The number of hydrogen-bond donors (Lipinski definition) is 1. The molecule has 8 heteroatoms. The zero-order valence-electron chi connectivity index (χ0n) is 10.3. The van der Waals surface area contributed by atoms with E-state index in [9.17, 15) is 13.2 Å². The van der Waals surface area contributed by atoms with Crippen LogP contribution in [-0.4, -0.2) is 16.3 Å². The second-order valence-corrected chi connectivity index (χ2v) is 3.80. The van der Waals surface area contributed by atoms with Crippen molar-refractivity contribution in [1.29, 1.82) is 0 Å². The van der Waals surface area contributed by atoms with Crippen molar-refractivity contribution in [3.05, 3.63) is 36.0 Å². The number of hydrogen-bond acceptors (Lipinski definition) is 5. The van der Waals surface area contributed by atoms with E-state index >= 15 is 0 Å². The maximum Gasteiger partial charge on any atom is 0.573 e. The molecule has 0 amide bonds. The summed E-state index contributed by atoms with van der Waals surface area (Å²) < 4.78 is 45.9. The lowest BCUT2D eigenvalue weighted by Gasteiger charge is -2.13. The molecule has 1 aromatic heterocycles. The standard InChI is InChI=1S/C12H10F3N3O2/c1-7-6-10(18-11(16)17-7)19-8-4-2-3-5-9(8)20-12(13,14)15/h2-6H,1H3,(H2,16,17,18). The van der Waals surface area contributed by atoms with Gasteiger partial charge >= 0.3 is 6.36 Å². The molecule has 0 saturated heterocycles. The second-order valence-electron chi connectivity index (χ2n) is 3.80. The van der Waals surface area contributed by atoms with Gasteiger partial charge in [-0.3, -0.25) is 0 Å². The molecule has 0 spiro atoms. The highest BCUT2D eigenvalue weighted by Gasteiger charge is 2.32. The van der Waals surface area contributed by atoms with Gasteiger partial charge in [0, 0.05) is 11.8 Å². The molecule has 2 rings (SSSR count). The lowest BCUT2D eigenvalue weighted by Crippen LogP contribution is -2.17. The quantitative estimate of drug-likeness (QED) is 0.938. The third kappa shape index (κ3) is 3.74. The predicted molar refractivity (Wildman–Crippen MR) is 64.4 cm³/mol. The number of nitrogens with two attached hydrogens (primary N) is 1. The minimum Gasteiger partial charge on any atom is -0.435 e. The number of rotatable bonds is 3. The molecule has 0 aliphatic rings. The van der Waals surface area contributed by atoms with E-state index in [1.54, 1.807) is 6.92 Å². The maximum absolute atomic E-state index is 12.3. The summed E-state index contributed by atoms with van der Waals surface area (Å²) in [6, 6.07) is 6.82. The molecular formula is C12H10F3N3O2. The fourth-order valence-corrected chi connectivity index (χ4v) is 1.47. The van der Waals surface area contributed by atoms with Crippen LogP contribution in [0.2, 0.25) is 0 Å². The number of anilines is 1. The normalized spacial score (nSPS) is 11.2. The zero-order valence-corrected chi connectivity index (χ0v) is 10.3. The Morgan fingerprint density at radius 3 is 2.35 bits per heavy atom. The van der Waals surface area contributed by atoms with Crippen LogP contribution in [0.3, 0.4) is 0 Å². The Morgan fingerprint density at radius 2 is 1.75 bits per heavy atom. The molecule has 1 aromatic carbocycles. The molecule has 2 N–H and O–H groups in total. The van der Waals surface area contributed by atoms with Crippen LogP contribution in [0.25, 0.3) is 0 Å². The van der Waals surface area contributed by atoms with Gasteiger partial charge in [-0.05, 0) is 19.1 Å². The van der Waals surface area contributed by atoms with Crippen molar-refractivity contribution >= 4 is 5.95 Å². The summed E-state index contributed by atoms with van der Waals surface area (Å²) in [6.45, 7) is 1.66. The van der Waals surface area contributed by atoms with Crippen molar-refractivity contribution in [3.63, 3.8) is 0 Å². The molecule has 0 saturated carbocycles. The molecule has 1 heterocycles. The van der Waals surface area contributed by atoms with Gasteiger partial charge in [0.05, 0.1) is 0 Å². The lowest BCUT2D eigenvalue weighted by atomic mass is 10.3. The molecule has 106 valence electrons. The van der Waals surface area contributed by atoms with Crippen molar-refractivity contribution in [1.82, 2.24) is 9.97 Å². The molecule has 0 atom stereocenters. The first-order valence-electron chi connectivity index (χ1n) is 5.47. The van der Waals surface area contributed by atoms with Crippen LogP contribution in [-0.2, 0) is 0 Å². The summed E-state index contributed by atoms with van der Waals surface area (Å²) in [5, 5.41) is 0. The molecule has 20 heavy (non-hydrogen) atoms. The van der Waals surface area contributed by atoms with Gasteiger partial charge in [0.25, 0.3) is 0 Å².